The average molecular weight is 273 g/mol. The number of hydrogen-bond donors (Lipinski definition) is 2. The number of nitrogens with one attached hydrogen (secondary N) is 1. The number of hydrogen-bond acceptors (Lipinski definition) is 3. The van der Waals surface area contributed by atoms with Crippen LogP contribution in [-0.4, -0.2) is 30.4 Å². The zero-order valence-corrected chi connectivity index (χ0v) is 11.4. The Kier molecular flexibility index (Phi) is 6.18. The van der Waals surface area contributed by atoms with E-state index in [1.165, 1.54) is 6.07 Å². The molecule has 0 fully saturated rings. The van der Waals surface area contributed by atoms with Gasteiger partial charge >= 0.3 is 0 Å². The lowest BCUT2D eigenvalue weighted by Crippen LogP contribution is -2.45. The van der Waals surface area contributed by atoms with Gasteiger partial charge in [0.25, 0.3) is 0 Å². The number of rotatable bonds is 8. The molecule has 1 aromatic carbocycles. The summed E-state index contributed by atoms with van der Waals surface area (Å²) in [6.07, 6.45) is 1.45. The fourth-order valence-electron chi connectivity index (χ4n) is 1.87. The molecule has 0 heterocycles. The molecule has 1 aromatic rings. The average Bonchev–Trinajstić information content (AvgIpc) is 2.39. The Bertz CT molecular complexity index is 401. The topological polar surface area (TPSA) is 41.5 Å². The maximum Gasteiger partial charge on any atom is 0.162 e. The van der Waals surface area contributed by atoms with Gasteiger partial charge in [-0.05, 0) is 38.4 Å². The SMILES string of the molecule is CCNC(C)(CO)CCCOc1ccc(F)c(F)c1. The van der Waals surface area contributed by atoms with E-state index < -0.39 is 11.6 Å². The molecule has 0 aliphatic rings. The molecule has 0 radical (unpaired) electrons. The third kappa shape index (κ3) is 5.12. The summed E-state index contributed by atoms with van der Waals surface area (Å²) in [7, 11) is 0. The highest BCUT2D eigenvalue weighted by molar-refractivity contribution is 5.23. The van der Waals surface area contributed by atoms with Crippen LogP contribution in [0.1, 0.15) is 26.7 Å². The molecule has 0 aliphatic carbocycles. The predicted octanol–water partition coefficient (Wildman–Crippen LogP) is 2.48. The molecule has 1 rings (SSSR count). The van der Waals surface area contributed by atoms with Crippen molar-refractivity contribution in [1.82, 2.24) is 5.32 Å². The van der Waals surface area contributed by atoms with Crippen molar-refractivity contribution in [3.63, 3.8) is 0 Å². The van der Waals surface area contributed by atoms with Gasteiger partial charge in [-0.1, -0.05) is 6.92 Å². The van der Waals surface area contributed by atoms with E-state index in [9.17, 15) is 13.9 Å². The van der Waals surface area contributed by atoms with Gasteiger partial charge in [0.1, 0.15) is 5.75 Å². The molecule has 19 heavy (non-hydrogen) atoms. The van der Waals surface area contributed by atoms with E-state index in [0.29, 0.717) is 18.8 Å². The van der Waals surface area contributed by atoms with Crippen LogP contribution in [0.3, 0.4) is 0 Å². The van der Waals surface area contributed by atoms with Crippen molar-refractivity contribution in [1.29, 1.82) is 0 Å². The van der Waals surface area contributed by atoms with E-state index in [2.05, 4.69) is 5.32 Å². The summed E-state index contributed by atoms with van der Waals surface area (Å²) in [4.78, 5) is 0. The van der Waals surface area contributed by atoms with Gasteiger partial charge in [0.2, 0.25) is 0 Å². The monoisotopic (exact) mass is 273 g/mol. The van der Waals surface area contributed by atoms with Crippen molar-refractivity contribution < 1.29 is 18.6 Å². The minimum atomic E-state index is -0.912. The van der Waals surface area contributed by atoms with Gasteiger partial charge in [0.15, 0.2) is 11.6 Å². The molecule has 5 heteroatoms. The Labute approximate surface area is 112 Å². The lowest BCUT2D eigenvalue weighted by molar-refractivity contribution is 0.158. The molecule has 3 nitrogen and oxygen atoms in total. The second-order valence-corrected chi connectivity index (χ2v) is 4.78. The molecule has 0 amide bonds. The Morgan fingerprint density at radius 2 is 2.05 bits per heavy atom. The van der Waals surface area contributed by atoms with Crippen LogP contribution in [0.25, 0.3) is 0 Å². The van der Waals surface area contributed by atoms with Crippen LogP contribution in [0.5, 0.6) is 5.75 Å². The van der Waals surface area contributed by atoms with Crippen molar-refractivity contribution in [2.75, 3.05) is 19.8 Å². The van der Waals surface area contributed by atoms with Crippen molar-refractivity contribution in [2.24, 2.45) is 0 Å². The number of likely N-dealkylation sites (N-methyl/N-ethyl adjacent to an activating group) is 1. The Hall–Kier alpha value is -1.20. The first-order chi connectivity index (χ1) is 9.00. The summed E-state index contributed by atoms with van der Waals surface area (Å²) in [5.41, 5.74) is -0.327. The zero-order chi connectivity index (χ0) is 14.3. The normalized spacial score (nSPS) is 14.2. The number of aliphatic hydroxyl groups excluding tert-OH is 1. The number of aliphatic hydroxyl groups is 1. The Balaban J connectivity index is 2.36. The van der Waals surface area contributed by atoms with Crippen molar-refractivity contribution in [3.8, 4) is 5.75 Å². The van der Waals surface area contributed by atoms with Gasteiger partial charge in [0.05, 0.1) is 13.2 Å². The summed E-state index contributed by atoms with van der Waals surface area (Å²) in [6, 6.07) is 3.47. The lowest BCUT2D eigenvalue weighted by Gasteiger charge is -2.28. The van der Waals surface area contributed by atoms with Gasteiger partial charge in [-0.15, -0.1) is 0 Å². The number of benzene rings is 1. The van der Waals surface area contributed by atoms with E-state index in [0.717, 1.165) is 25.1 Å². The lowest BCUT2D eigenvalue weighted by atomic mass is 9.97. The summed E-state index contributed by atoms with van der Waals surface area (Å²) >= 11 is 0. The zero-order valence-electron chi connectivity index (χ0n) is 11.4. The second-order valence-electron chi connectivity index (χ2n) is 4.78. The summed E-state index contributed by atoms with van der Waals surface area (Å²) in [5.74, 6) is -1.48. The molecular formula is C14H21F2NO2. The molecule has 0 aromatic heterocycles. The van der Waals surface area contributed by atoms with Gasteiger partial charge in [-0.2, -0.15) is 0 Å². The molecule has 0 saturated carbocycles. The van der Waals surface area contributed by atoms with E-state index in [1.807, 2.05) is 13.8 Å². The quantitative estimate of drug-likeness (QED) is 0.715. The summed E-state index contributed by atoms with van der Waals surface area (Å²) in [6.45, 7) is 5.14. The van der Waals surface area contributed by atoms with Crippen LogP contribution >= 0.6 is 0 Å². The third-order valence-corrected chi connectivity index (χ3v) is 2.99. The fraction of sp³-hybridized carbons (Fsp3) is 0.571. The van der Waals surface area contributed by atoms with Crippen LogP contribution in [-0.2, 0) is 0 Å². The highest BCUT2D eigenvalue weighted by Gasteiger charge is 2.20. The van der Waals surface area contributed by atoms with E-state index >= 15 is 0 Å². The van der Waals surface area contributed by atoms with Crippen molar-refractivity contribution >= 4 is 0 Å². The van der Waals surface area contributed by atoms with Crippen molar-refractivity contribution in [3.05, 3.63) is 29.8 Å². The van der Waals surface area contributed by atoms with Crippen LogP contribution in [0.15, 0.2) is 18.2 Å². The highest BCUT2D eigenvalue weighted by atomic mass is 19.2. The first-order valence-corrected chi connectivity index (χ1v) is 6.44. The molecule has 0 saturated heterocycles. The minimum Gasteiger partial charge on any atom is -0.493 e. The molecule has 108 valence electrons. The summed E-state index contributed by atoms with van der Waals surface area (Å²) in [5, 5.41) is 12.5. The van der Waals surface area contributed by atoms with Gasteiger partial charge in [-0.25, -0.2) is 8.78 Å². The highest BCUT2D eigenvalue weighted by Crippen LogP contribution is 2.17. The maximum atomic E-state index is 12.9. The first-order valence-electron chi connectivity index (χ1n) is 6.44. The molecule has 0 bridgehead atoms. The predicted molar refractivity (Wildman–Crippen MR) is 70.3 cm³/mol. The molecular weight excluding hydrogens is 252 g/mol. The molecule has 0 aliphatic heterocycles. The molecule has 2 N–H and O–H groups in total. The third-order valence-electron chi connectivity index (χ3n) is 2.99. The number of ether oxygens (including phenoxy) is 1. The van der Waals surface area contributed by atoms with Gasteiger partial charge < -0.3 is 15.2 Å². The minimum absolute atomic E-state index is 0.0476. The first kappa shape index (κ1) is 15.9. The van der Waals surface area contributed by atoms with Gasteiger partial charge in [-0.3, -0.25) is 0 Å². The smallest absolute Gasteiger partial charge is 0.162 e. The van der Waals surface area contributed by atoms with E-state index in [-0.39, 0.29) is 12.1 Å². The standard InChI is InChI=1S/C14H21F2NO2/c1-3-17-14(2,10-18)7-4-8-19-11-5-6-12(15)13(16)9-11/h5-6,9,17-18H,3-4,7-8,10H2,1-2H3. The van der Waals surface area contributed by atoms with Crippen LogP contribution < -0.4 is 10.1 Å². The maximum absolute atomic E-state index is 12.9. The largest absolute Gasteiger partial charge is 0.493 e. The van der Waals surface area contributed by atoms with E-state index in [4.69, 9.17) is 4.74 Å². The molecule has 1 unspecified atom stereocenters. The molecule has 0 spiro atoms. The van der Waals surface area contributed by atoms with Crippen LogP contribution in [0.2, 0.25) is 0 Å². The number of halogens is 2. The molecule has 1 atom stereocenters. The fourth-order valence-corrected chi connectivity index (χ4v) is 1.87. The second kappa shape index (κ2) is 7.40. The van der Waals surface area contributed by atoms with E-state index in [1.54, 1.807) is 0 Å². The Morgan fingerprint density at radius 1 is 1.32 bits per heavy atom. The van der Waals surface area contributed by atoms with Crippen LogP contribution in [0.4, 0.5) is 8.78 Å². The Morgan fingerprint density at radius 3 is 2.63 bits per heavy atom. The van der Waals surface area contributed by atoms with Gasteiger partial charge in [0, 0.05) is 11.6 Å². The van der Waals surface area contributed by atoms with Crippen molar-refractivity contribution in [2.45, 2.75) is 32.2 Å². The van der Waals surface area contributed by atoms with Crippen LogP contribution in [0, 0.1) is 11.6 Å². The summed E-state index contributed by atoms with van der Waals surface area (Å²) < 4.78 is 31.0.